The van der Waals surface area contributed by atoms with E-state index in [1.165, 1.54) is 24.8 Å². The van der Waals surface area contributed by atoms with Gasteiger partial charge in [0.1, 0.15) is 0 Å². The Morgan fingerprint density at radius 1 is 1.24 bits per heavy atom. The molecule has 96 valence electrons. The lowest BCUT2D eigenvalue weighted by Gasteiger charge is -2.15. The molecule has 0 radical (unpaired) electrons. The first-order chi connectivity index (χ1) is 8.11. The van der Waals surface area contributed by atoms with Gasteiger partial charge in [0.2, 0.25) is 0 Å². The normalized spacial score (nSPS) is 13.0. The highest BCUT2D eigenvalue weighted by atomic mass is 79.9. The quantitative estimate of drug-likeness (QED) is 0.793. The lowest BCUT2D eigenvalue weighted by atomic mass is 9.92. The van der Waals surface area contributed by atoms with Gasteiger partial charge < -0.3 is 5.73 Å². The zero-order valence-electron chi connectivity index (χ0n) is 11.0. The zero-order valence-corrected chi connectivity index (χ0v) is 12.5. The maximum atomic E-state index is 5.86. The van der Waals surface area contributed by atoms with Crippen molar-refractivity contribution in [2.75, 3.05) is 6.54 Å². The highest BCUT2D eigenvalue weighted by Crippen LogP contribution is 2.19. The average molecular weight is 298 g/mol. The molecule has 1 aromatic rings. The Kier molecular flexibility index (Phi) is 6.83. The third kappa shape index (κ3) is 6.23. The molecule has 0 aromatic heterocycles. The number of halogens is 1. The summed E-state index contributed by atoms with van der Waals surface area (Å²) in [6, 6.07) is 8.56. The fraction of sp³-hybridized carbons (Fsp3) is 0.600. The molecular weight excluding hydrogens is 274 g/mol. The van der Waals surface area contributed by atoms with Crippen molar-refractivity contribution in [2.45, 2.75) is 39.5 Å². The summed E-state index contributed by atoms with van der Waals surface area (Å²) in [6.07, 6.45) is 4.97. The molecule has 0 fully saturated rings. The van der Waals surface area contributed by atoms with Gasteiger partial charge in [0.05, 0.1) is 0 Å². The van der Waals surface area contributed by atoms with Crippen LogP contribution in [0.5, 0.6) is 0 Å². The summed E-state index contributed by atoms with van der Waals surface area (Å²) in [5.41, 5.74) is 7.25. The highest BCUT2D eigenvalue weighted by molar-refractivity contribution is 9.10. The number of benzene rings is 1. The minimum absolute atomic E-state index is 0.628. The molecule has 1 aromatic carbocycles. The van der Waals surface area contributed by atoms with Gasteiger partial charge in [0.15, 0.2) is 0 Å². The van der Waals surface area contributed by atoms with Crippen molar-refractivity contribution in [1.29, 1.82) is 0 Å². The number of hydrogen-bond acceptors (Lipinski definition) is 1. The van der Waals surface area contributed by atoms with Gasteiger partial charge in [-0.05, 0) is 48.9 Å². The van der Waals surface area contributed by atoms with Crippen LogP contribution in [0.1, 0.15) is 38.7 Å². The number of hydrogen-bond donors (Lipinski definition) is 1. The molecule has 1 unspecified atom stereocenters. The lowest BCUT2D eigenvalue weighted by Crippen LogP contribution is -2.17. The van der Waals surface area contributed by atoms with Gasteiger partial charge in [0.25, 0.3) is 0 Å². The summed E-state index contributed by atoms with van der Waals surface area (Å²) in [4.78, 5) is 0. The van der Waals surface area contributed by atoms with Gasteiger partial charge in [0, 0.05) is 4.47 Å². The molecule has 0 spiro atoms. The standard InChI is InChI=1S/C15H24BrN/c1-12(2)5-3-7-14(11-17)9-13-6-4-8-15(16)10-13/h4,6,8,10,12,14H,3,5,7,9,11,17H2,1-2H3. The van der Waals surface area contributed by atoms with Gasteiger partial charge in [-0.25, -0.2) is 0 Å². The lowest BCUT2D eigenvalue weighted by molar-refractivity contribution is 0.436. The van der Waals surface area contributed by atoms with Gasteiger partial charge in [-0.15, -0.1) is 0 Å². The molecule has 1 nitrogen and oxygen atoms in total. The smallest absolute Gasteiger partial charge is 0.0177 e. The van der Waals surface area contributed by atoms with E-state index < -0.39 is 0 Å². The summed E-state index contributed by atoms with van der Waals surface area (Å²) in [7, 11) is 0. The average Bonchev–Trinajstić information content (AvgIpc) is 2.27. The molecule has 0 amide bonds. The van der Waals surface area contributed by atoms with E-state index in [9.17, 15) is 0 Å². The van der Waals surface area contributed by atoms with Crippen LogP contribution in [0.2, 0.25) is 0 Å². The van der Waals surface area contributed by atoms with Crippen LogP contribution >= 0.6 is 15.9 Å². The molecule has 1 atom stereocenters. The molecule has 0 aliphatic carbocycles. The van der Waals surface area contributed by atoms with Crippen molar-refractivity contribution in [2.24, 2.45) is 17.6 Å². The minimum atomic E-state index is 0.628. The van der Waals surface area contributed by atoms with Crippen LogP contribution in [0.25, 0.3) is 0 Å². The molecule has 17 heavy (non-hydrogen) atoms. The predicted molar refractivity (Wildman–Crippen MR) is 79.1 cm³/mol. The van der Waals surface area contributed by atoms with Crippen molar-refractivity contribution in [1.82, 2.24) is 0 Å². The Morgan fingerprint density at radius 3 is 2.59 bits per heavy atom. The second kappa shape index (κ2) is 7.88. The minimum Gasteiger partial charge on any atom is -0.330 e. The Hall–Kier alpha value is -0.340. The molecule has 0 heterocycles. The largest absolute Gasteiger partial charge is 0.330 e. The van der Waals surface area contributed by atoms with Crippen molar-refractivity contribution in [3.8, 4) is 0 Å². The first-order valence-electron chi connectivity index (χ1n) is 6.56. The molecule has 1 rings (SSSR count). The third-order valence-corrected chi connectivity index (χ3v) is 3.63. The van der Waals surface area contributed by atoms with E-state index in [0.717, 1.165) is 23.4 Å². The van der Waals surface area contributed by atoms with Gasteiger partial charge in [-0.2, -0.15) is 0 Å². The zero-order chi connectivity index (χ0) is 12.7. The Morgan fingerprint density at radius 2 is 2.00 bits per heavy atom. The fourth-order valence-electron chi connectivity index (χ4n) is 2.12. The van der Waals surface area contributed by atoms with Crippen molar-refractivity contribution < 1.29 is 0 Å². The second-order valence-electron chi connectivity index (χ2n) is 5.26. The summed E-state index contributed by atoms with van der Waals surface area (Å²) in [5.74, 6) is 1.43. The van der Waals surface area contributed by atoms with Crippen molar-refractivity contribution >= 4 is 15.9 Å². The van der Waals surface area contributed by atoms with E-state index in [1.807, 2.05) is 0 Å². The monoisotopic (exact) mass is 297 g/mol. The fourth-order valence-corrected chi connectivity index (χ4v) is 2.56. The first-order valence-corrected chi connectivity index (χ1v) is 7.35. The van der Waals surface area contributed by atoms with Crippen LogP contribution in [-0.2, 0) is 6.42 Å². The number of rotatable bonds is 7. The Bertz CT molecular complexity index is 322. The molecule has 2 N–H and O–H groups in total. The van der Waals surface area contributed by atoms with Gasteiger partial charge >= 0.3 is 0 Å². The van der Waals surface area contributed by atoms with Crippen LogP contribution < -0.4 is 5.73 Å². The maximum absolute atomic E-state index is 5.86. The van der Waals surface area contributed by atoms with E-state index in [4.69, 9.17) is 5.73 Å². The predicted octanol–water partition coefficient (Wildman–Crippen LogP) is 4.39. The van der Waals surface area contributed by atoms with Crippen LogP contribution in [0.15, 0.2) is 28.7 Å². The molecule has 0 saturated heterocycles. The molecule has 0 bridgehead atoms. The molecule has 2 heteroatoms. The van der Waals surface area contributed by atoms with E-state index >= 15 is 0 Å². The van der Waals surface area contributed by atoms with E-state index in [2.05, 4.69) is 54.0 Å². The van der Waals surface area contributed by atoms with Crippen LogP contribution in [-0.4, -0.2) is 6.54 Å². The third-order valence-electron chi connectivity index (χ3n) is 3.14. The topological polar surface area (TPSA) is 26.0 Å². The van der Waals surface area contributed by atoms with Crippen molar-refractivity contribution in [3.63, 3.8) is 0 Å². The maximum Gasteiger partial charge on any atom is 0.0177 e. The SMILES string of the molecule is CC(C)CCCC(CN)Cc1cccc(Br)c1. The summed E-state index contributed by atoms with van der Waals surface area (Å²) in [6.45, 7) is 5.36. The van der Waals surface area contributed by atoms with Crippen molar-refractivity contribution in [3.05, 3.63) is 34.3 Å². The second-order valence-corrected chi connectivity index (χ2v) is 6.18. The first kappa shape index (κ1) is 14.7. The summed E-state index contributed by atoms with van der Waals surface area (Å²) in [5, 5.41) is 0. The van der Waals surface area contributed by atoms with E-state index in [0.29, 0.717) is 5.92 Å². The van der Waals surface area contributed by atoms with Crippen LogP contribution in [0, 0.1) is 11.8 Å². The Labute approximate surface area is 114 Å². The highest BCUT2D eigenvalue weighted by Gasteiger charge is 2.08. The number of nitrogens with two attached hydrogens (primary N) is 1. The Balaban J connectivity index is 2.41. The van der Waals surface area contributed by atoms with E-state index in [-0.39, 0.29) is 0 Å². The van der Waals surface area contributed by atoms with Crippen LogP contribution in [0.4, 0.5) is 0 Å². The summed E-state index contributed by atoms with van der Waals surface area (Å²) >= 11 is 3.51. The van der Waals surface area contributed by atoms with Gasteiger partial charge in [-0.1, -0.05) is 54.8 Å². The molecule has 0 saturated carbocycles. The van der Waals surface area contributed by atoms with Crippen LogP contribution in [0.3, 0.4) is 0 Å². The molecular formula is C15H24BrN. The molecule has 0 aliphatic rings. The summed E-state index contributed by atoms with van der Waals surface area (Å²) < 4.78 is 1.16. The molecule has 0 aliphatic heterocycles. The van der Waals surface area contributed by atoms with Gasteiger partial charge in [-0.3, -0.25) is 0 Å². The van der Waals surface area contributed by atoms with E-state index in [1.54, 1.807) is 0 Å².